The number of rotatable bonds is 8. The number of carbonyl (C=O) groups is 2. The highest BCUT2D eigenvalue weighted by Gasteiger charge is 2.24. The number of hydrogen-bond donors (Lipinski definition) is 2. The molecule has 2 N–H and O–H groups in total. The average Bonchev–Trinajstić information content (AvgIpc) is 3.67. The predicted molar refractivity (Wildman–Crippen MR) is 151 cm³/mol. The standard InChI is InChI=1S/C30H34N6O4/c1-3-35-8-4-5-24(35)19-32-30(38)28-17-27(34-40-28)26-16-23(7-6-20(26)2)33-29(37)22-13-21(18-31)14-25(15-22)36-9-11-39-12-10-36/h6-7,13-17,24H,3-5,8-12,19H2,1-2H3,(H,32,38)(H,33,37). The molecular weight excluding hydrogens is 508 g/mol. The number of anilines is 2. The second-order valence-electron chi connectivity index (χ2n) is 10.2. The highest BCUT2D eigenvalue weighted by molar-refractivity contribution is 6.05. The minimum absolute atomic E-state index is 0.147. The summed E-state index contributed by atoms with van der Waals surface area (Å²) in [6.45, 7) is 9.28. The van der Waals surface area contributed by atoms with E-state index in [-0.39, 0.29) is 17.6 Å². The maximum Gasteiger partial charge on any atom is 0.289 e. The summed E-state index contributed by atoms with van der Waals surface area (Å²) >= 11 is 0. The first-order valence-corrected chi connectivity index (χ1v) is 13.7. The van der Waals surface area contributed by atoms with Crippen molar-refractivity contribution in [2.75, 3.05) is 56.2 Å². The van der Waals surface area contributed by atoms with Gasteiger partial charge in [-0.15, -0.1) is 0 Å². The molecule has 0 aliphatic carbocycles. The molecule has 0 radical (unpaired) electrons. The van der Waals surface area contributed by atoms with E-state index in [0.29, 0.717) is 61.4 Å². The smallest absolute Gasteiger partial charge is 0.289 e. The van der Waals surface area contributed by atoms with Gasteiger partial charge >= 0.3 is 0 Å². The van der Waals surface area contributed by atoms with Gasteiger partial charge in [-0.2, -0.15) is 5.26 Å². The molecule has 3 heterocycles. The second kappa shape index (κ2) is 12.3. The SMILES string of the molecule is CCN1CCCC1CNC(=O)c1cc(-c2cc(NC(=O)c3cc(C#N)cc(N4CCOCC4)c3)ccc2C)no1. The van der Waals surface area contributed by atoms with Gasteiger partial charge in [0.15, 0.2) is 0 Å². The van der Waals surface area contributed by atoms with Crippen molar-refractivity contribution in [3.05, 3.63) is 64.9 Å². The number of ether oxygens (including phenoxy) is 1. The van der Waals surface area contributed by atoms with Gasteiger partial charge in [0.2, 0.25) is 5.76 Å². The molecule has 1 atom stereocenters. The zero-order valence-electron chi connectivity index (χ0n) is 22.9. The molecule has 0 bridgehead atoms. The third-order valence-corrected chi connectivity index (χ3v) is 7.59. The van der Waals surface area contributed by atoms with Gasteiger partial charge in [-0.25, -0.2) is 0 Å². The maximum absolute atomic E-state index is 13.2. The average molecular weight is 543 g/mol. The highest BCUT2D eigenvalue weighted by Crippen LogP contribution is 2.28. The number of aromatic nitrogens is 1. The molecule has 40 heavy (non-hydrogen) atoms. The fourth-order valence-corrected chi connectivity index (χ4v) is 5.34. The molecule has 1 aromatic heterocycles. The topological polar surface area (TPSA) is 124 Å². The van der Waals surface area contributed by atoms with Crippen LogP contribution in [-0.4, -0.2) is 73.9 Å². The Morgan fingerprint density at radius 2 is 1.93 bits per heavy atom. The van der Waals surface area contributed by atoms with Crippen LogP contribution in [0.25, 0.3) is 11.3 Å². The number of nitrogens with one attached hydrogen (secondary N) is 2. The van der Waals surface area contributed by atoms with Crippen molar-refractivity contribution in [2.45, 2.75) is 32.7 Å². The largest absolute Gasteiger partial charge is 0.378 e. The number of nitrogens with zero attached hydrogens (tertiary/aromatic N) is 4. The summed E-state index contributed by atoms with van der Waals surface area (Å²) in [7, 11) is 0. The van der Waals surface area contributed by atoms with E-state index in [0.717, 1.165) is 42.7 Å². The van der Waals surface area contributed by atoms with Crippen molar-refractivity contribution in [3.8, 4) is 17.3 Å². The Morgan fingerprint density at radius 1 is 1.10 bits per heavy atom. The highest BCUT2D eigenvalue weighted by atomic mass is 16.5. The number of likely N-dealkylation sites (N-methyl/N-ethyl adjacent to an activating group) is 1. The van der Waals surface area contributed by atoms with Gasteiger partial charge in [-0.05, 0) is 68.8 Å². The van der Waals surface area contributed by atoms with Crippen LogP contribution in [0.15, 0.2) is 47.0 Å². The Labute approximate surface area is 233 Å². The number of benzene rings is 2. The molecule has 10 nitrogen and oxygen atoms in total. The van der Waals surface area contributed by atoms with E-state index < -0.39 is 0 Å². The molecule has 5 rings (SSSR count). The van der Waals surface area contributed by atoms with Gasteiger partial charge in [-0.1, -0.05) is 18.1 Å². The summed E-state index contributed by atoms with van der Waals surface area (Å²) in [5.41, 5.74) is 4.37. The zero-order valence-corrected chi connectivity index (χ0v) is 22.9. The van der Waals surface area contributed by atoms with Crippen molar-refractivity contribution >= 4 is 23.2 Å². The lowest BCUT2D eigenvalue weighted by molar-refractivity contribution is 0.0904. The van der Waals surface area contributed by atoms with Gasteiger partial charge in [0.1, 0.15) is 5.69 Å². The Morgan fingerprint density at radius 3 is 2.70 bits per heavy atom. The Balaban J connectivity index is 1.29. The third-order valence-electron chi connectivity index (χ3n) is 7.59. The van der Waals surface area contributed by atoms with Crippen molar-refractivity contribution < 1.29 is 18.8 Å². The summed E-state index contributed by atoms with van der Waals surface area (Å²) in [5.74, 6) is -0.472. The van der Waals surface area contributed by atoms with Crippen LogP contribution < -0.4 is 15.5 Å². The number of amides is 2. The van der Waals surface area contributed by atoms with E-state index in [1.54, 1.807) is 30.3 Å². The first-order valence-electron chi connectivity index (χ1n) is 13.7. The number of morpholine rings is 1. The van der Waals surface area contributed by atoms with Crippen molar-refractivity contribution in [2.24, 2.45) is 0 Å². The summed E-state index contributed by atoms with van der Waals surface area (Å²) in [6, 6.07) is 14.8. The van der Waals surface area contributed by atoms with E-state index in [2.05, 4.69) is 38.6 Å². The third kappa shape index (κ3) is 6.17. The first-order chi connectivity index (χ1) is 19.4. The van der Waals surface area contributed by atoms with Crippen molar-refractivity contribution in [1.82, 2.24) is 15.4 Å². The minimum Gasteiger partial charge on any atom is -0.378 e. The van der Waals surface area contributed by atoms with Gasteiger partial charge < -0.3 is 24.8 Å². The first kappa shape index (κ1) is 27.4. The van der Waals surface area contributed by atoms with E-state index in [1.807, 2.05) is 19.1 Å². The van der Waals surface area contributed by atoms with Gasteiger partial charge in [0.05, 0.1) is 24.8 Å². The number of nitriles is 1. The molecular formula is C30H34N6O4. The Hall–Kier alpha value is -4.20. The molecule has 10 heteroatoms. The normalized spacial score (nSPS) is 17.4. The van der Waals surface area contributed by atoms with Crippen LogP contribution in [0, 0.1) is 18.3 Å². The van der Waals surface area contributed by atoms with Crippen LogP contribution in [0.2, 0.25) is 0 Å². The van der Waals surface area contributed by atoms with E-state index >= 15 is 0 Å². The quantitative estimate of drug-likeness (QED) is 0.440. The van der Waals surface area contributed by atoms with Crippen molar-refractivity contribution in [1.29, 1.82) is 5.26 Å². The molecule has 3 aromatic rings. The molecule has 2 amide bonds. The van der Waals surface area contributed by atoms with Crippen LogP contribution in [0.1, 0.15) is 51.8 Å². The van der Waals surface area contributed by atoms with Crippen LogP contribution in [0.5, 0.6) is 0 Å². The lowest BCUT2D eigenvalue weighted by atomic mass is 10.0. The fourth-order valence-electron chi connectivity index (χ4n) is 5.34. The number of likely N-dealkylation sites (tertiary alicyclic amines) is 1. The lowest BCUT2D eigenvalue weighted by Crippen LogP contribution is -2.39. The van der Waals surface area contributed by atoms with Gasteiger partial charge in [0.25, 0.3) is 11.8 Å². The molecule has 1 unspecified atom stereocenters. The maximum atomic E-state index is 13.2. The second-order valence-corrected chi connectivity index (χ2v) is 10.2. The summed E-state index contributed by atoms with van der Waals surface area (Å²) in [4.78, 5) is 30.4. The van der Waals surface area contributed by atoms with Crippen molar-refractivity contribution in [3.63, 3.8) is 0 Å². The molecule has 2 fully saturated rings. The minimum atomic E-state index is -0.324. The number of carbonyl (C=O) groups excluding carboxylic acids is 2. The fraction of sp³-hybridized carbons (Fsp3) is 0.400. The predicted octanol–water partition coefficient (Wildman–Crippen LogP) is 3.82. The summed E-state index contributed by atoms with van der Waals surface area (Å²) < 4.78 is 10.8. The lowest BCUT2D eigenvalue weighted by Gasteiger charge is -2.29. The van der Waals surface area contributed by atoms with Crippen LogP contribution in [-0.2, 0) is 4.74 Å². The van der Waals surface area contributed by atoms with Gasteiger partial charge in [0, 0.05) is 54.2 Å². The molecule has 2 aliphatic rings. The molecule has 2 aliphatic heterocycles. The monoisotopic (exact) mass is 542 g/mol. The Kier molecular flexibility index (Phi) is 8.43. The molecule has 2 aromatic carbocycles. The van der Waals surface area contributed by atoms with E-state index in [1.165, 1.54) is 0 Å². The van der Waals surface area contributed by atoms with E-state index in [9.17, 15) is 14.9 Å². The van der Waals surface area contributed by atoms with Crippen LogP contribution in [0.3, 0.4) is 0 Å². The van der Waals surface area contributed by atoms with E-state index in [4.69, 9.17) is 9.26 Å². The van der Waals surface area contributed by atoms with Crippen LogP contribution >= 0.6 is 0 Å². The molecule has 0 spiro atoms. The Bertz CT molecular complexity index is 1420. The molecule has 2 saturated heterocycles. The number of aryl methyl sites for hydroxylation is 1. The number of hydrogen-bond acceptors (Lipinski definition) is 8. The zero-order chi connectivity index (χ0) is 28.1. The van der Waals surface area contributed by atoms with Crippen LogP contribution in [0.4, 0.5) is 11.4 Å². The summed E-state index contributed by atoms with van der Waals surface area (Å²) in [6.07, 6.45) is 2.22. The molecule has 208 valence electrons. The summed E-state index contributed by atoms with van der Waals surface area (Å²) in [5, 5.41) is 19.6. The molecule has 0 saturated carbocycles. The van der Waals surface area contributed by atoms with Gasteiger partial charge in [-0.3, -0.25) is 14.5 Å².